The lowest BCUT2D eigenvalue weighted by Crippen LogP contribution is -2.43. The Morgan fingerprint density at radius 2 is 2.26 bits per heavy atom. The number of hydrogen-bond donors (Lipinski definition) is 1. The monoisotopic (exact) mass is 260 g/mol. The first-order chi connectivity index (χ1) is 9.33. The first kappa shape index (κ1) is 12.4. The minimum Gasteiger partial charge on any atom is -0.356 e. The Kier molecular flexibility index (Phi) is 3.62. The summed E-state index contributed by atoms with van der Waals surface area (Å²) < 4.78 is 0. The van der Waals surface area contributed by atoms with Crippen molar-refractivity contribution in [1.82, 2.24) is 15.3 Å². The van der Waals surface area contributed by atoms with Gasteiger partial charge in [0.25, 0.3) is 0 Å². The van der Waals surface area contributed by atoms with Gasteiger partial charge in [-0.15, -0.1) is 0 Å². The summed E-state index contributed by atoms with van der Waals surface area (Å²) in [4.78, 5) is 22.7. The average Bonchev–Trinajstić information content (AvgIpc) is 3.30. The minimum atomic E-state index is 0.0921. The number of nitrogens with one attached hydrogen (secondary N) is 1. The molecule has 102 valence electrons. The third kappa shape index (κ3) is 3.22. The lowest BCUT2D eigenvalue weighted by atomic mass is 9.97. The summed E-state index contributed by atoms with van der Waals surface area (Å²) in [5.41, 5.74) is 0. The average molecular weight is 260 g/mol. The number of piperidine rings is 1. The van der Waals surface area contributed by atoms with Crippen LogP contribution in [0.3, 0.4) is 0 Å². The highest BCUT2D eigenvalue weighted by Gasteiger charge is 2.28. The Balaban J connectivity index is 1.56. The van der Waals surface area contributed by atoms with Gasteiger partial charge in [0.15, 0.2) is 0 Å². The fourth-order valence-corrected chi connectivity index (χ4v) is 2.57. The minimum absolute atomic E-state index is 0.0921. The van der Waals surface area contributed by atoms with Gasteiger partial charge in [-0.1, -0.05) is 0 Å². The molecule has 2 heterocycles. The van der Waals surface area contributed by atoms with Crippen LogP contribution in [-0.2, 0) is 4.79 Å². The molecule has 0 aromatic carbocycles. The number of rotatable bonds is 4. The standard InChI is InChI=1S/C14H20N4O/c19-14(17-8-11-3-4-11)12-2-1-7-18(10-12)13-9-15-5-6-16-13/h5-6,9,11-12H,1-4,7-8,10H2,(H,17,19)/t12-/m0/s1. The molecule has 1 saturated heterocycles. The quantitative estimate of drug-likeness (QED) is 0.884. The van der Waals surface area contributed by atoms with E-state index in [4.69, 9.17) is 0 Å². The number of carbonyl (C=O) groups is 1. The SMILES string of the molecule is O=C(NCC1CC1)[C@H]1CCCN(c2cnccn2)C1. The van der Waals surface area contributed by atoms with Crippen LogP contribution in [0.15, 0.2) is 18.6 Å². The van der Waals surface area contributed by atoms with Gasteiger partial charge < -0.3 is 10.2 Å². The molecule has 0 unspecified atom stereocenters. The molecule has 0 bridgehead atoms. The zero-order chi connectivity index (χ0) is 13.1. The van der Waals surface area contributed by atoms with Gasteiger partial charge in [0, 0.05) is 32.0 Å². The molecular weight excluding hydrogens is 240 g/mol. The van der Waals surface area contributed by atoms with E-state index in [0.717, 1.165) is 44.2 Å². The fraction of sp³-hybridized carbons (Fsp3) is 0.643. The third-order valence-electron chi connectivity index (χ3n) is 3.93. The van der Waals surface area contributed by atoms with Crippen LogP contribution < -0.4 is 10.2 Å². The molecule has 2 aliphatic rings. The molecule has 19 heavy (non-hydrogen) atoms. The van der Waals surface area contributed by atoms with Crippen molar-refractivity contribution in [1.29, 1.82) is 0 Å². The largest absolute Gasteiger partial charge is 0.356 e. The van der Waals surface area contributed by atoms with E-state index in [1.807, 2.05) is 0 Å². The van der Waals surface area contributed by atoms with Gasteiger partial charge in [0.1, 0.15) is 5.82 Å². The van der Waals surface area contributed by atoms with Gasteiger partial charge in [-0.05, 0) is 31.6 Å². The van der Waals surface area contributed by atoms with E-state index in [9.17, 15) is 4.79 Å². The third-order valence-corrected chi connectivity index (χ3v) is 3.93. The number of hydrogen-bond acceptors (Lipinski definition) is 4. The van der Waals surface area contributed by atoms with Crippen LogP contribution in [0, 0.1) is 11.8 Å². The predicted molar refractivity (Wildman–Crippen MR) is 72.7 cm³/mol. The van der Waals surface area contributed by atoms with Crippen LogP contribution in [0.2, 0.25) is 0 Å². The van der Waals surface area contributed by atoms with E-state index >= 15 is 0 Å². The topological polar surface area (TPSA) is 58.1 Å². The van der Waals surface area contributed by atoms with Crippen LogP contribution in [-0.4, -0.2) is 35.5 Å². The molecule has 1 aliphatic heterocycles. The summed E-state index contributed by atoms with van der Waals surface area (Å²) >= 11 is 0. The van der Waals surface area contributed by atoms with E-state index in [0.29, 0.717) is 0 Å². The zero-order valence-electron chi connectivity index (χ0n) is 11.1. The van der Waals surface area contributed by atoms with Crippen molar-refractivity contribution in [2.24, 2.45) is 11.8 Å². The summed E-state index contributed by atoms with van der Waals surface area (Å²) in [5.74, 6) is 1.92. The van der Waals surface area contributed by atoms with Crippen molar-refractivity contribution < 1.29 is 4.79 Å². The molecule has 1 atom stereocenters. The van der Waals surface area contributed by atoms with E-state index in [1.165, 1.54) is 12.8 Å². The lowest BCUT2D eigenvalue weighted by molar-refractivity contribution is -0.125. The summed E-state index contributed by atoms with van der Waals surface area (Å²) in [7, 11) is 0. The van der Waals surface area contributed by atoms with Crippen molar-refractivity contribution >= 4 is 11.7 Å². The molecule has 1 amide bonds. The number of aromatic nitrogens is 2. The Labute approximate surface area is 113 Å². The fourth-order valence-electron chi connectivity index (χ4n) is 2.57. The number of carbonyl (C=O) groups excluding carboxylic acids is 1. The van der Waals surface area contributed by atoms with Gasteiger partial charge in [-0.2, -0.15) is 0 Å². The van der Waals surface area contributed by atoms with E-state index in [2.05, 4.69) is 20.2 Å². The summed E-state index contributed by atoms with van der Waals surface area (Å²) in [5, 5.41) is 3.08. The molecule has 5 heteroatoms. The van der Waals surface area contributed by atoms with Crippen molar-refractivity contribution in [3.63, 3.8) is 0 Å². The predicted octanol–water partition coefficient (Wildman–Crippen LogP) is 1.22. The molecule has 0 spiro atoms. The summed E-state index contributed by atoms with van der Waals surface area (Å²) in [6.45, 7) is 2.58. The molecule has 5 nitrogen and oxygen atoms in total. The van der Waals surface area contributed by atoms with Crippen LogP contribution in [0.25, 0.3) is 0 Å². The molecule has 1 aromatic heterocycles. The number of anilines is 1. The zero-order valence-corrected chi connectivity index (χ0v) is 11.1. The van der Waals surface area contributed by atoms with E-state index in [1.54, 1.807) is 18.6 Å². The molecule has 0 radical (unpaired) electrons. The second-order valence-corrected chi connectivity index (χ2v) is 5.54. The van der Waals surface area contributed by atoms with Gasteiger partial charge in [0.2, 0.25) is 5.91 Å². The molecule has 1 saturated carbocycles. The Hall–Kier alpha value is -1.65. The van der Waals surface area contributed by atoms with Crippen molar-refractivity contribution in [3.05, 3.63) is 18.6 Å². The van der Waals surface area contributed by atoms with E-state index in [-0.39, 0.29) is 11.8 Å². The molecule has 3 rings (SSSR count). The Morgan fingerprint density at radius 1 is 1.37 bits per heavy atom. The smallest absolute Gasteiger partial charge is 0.224 e. The number of amides is 1. The van der Waals surface area contributed by atoms with Gasteiger partial charge in [0.05, 0.1) is 12.1 Å². The second kappa shape index (κ2) is 5.55. The highest BCUT2D eigenvalue weighted by molar-refractivity contribution is 5.79. The summed E-state index contributed by atoms with van der Waals surface area (Å²) in [6.07, 6.45) is 9.71. The van der Waals surface area contributed by atoms with Gasteiger partial charge >= 0.3 is 0 Å². The van der Waals surface area contributed by atoms with Crippen LogP contribution in [0.5, 0.6) is 0 Å². The van der Waals surface area contributed by atoms with Crippen LogP contribution >= 0.6 is 0 Å². The molecule has 2 fully saturated rings. The Bertz CT molecular complexity index is 432. The normalized spacial score (nSPS) is 23.2. The maximum atomic E-state index is 12.1. The maximum absolute atomic E-state index is 12.1. The van der Waals surface area contributed by atoms with Crippen molar-refractivity contribution in [2.45, 2.75) is 25.7 Å². The first-order valence-corrected chi connectivity index (χ1v) is 7.11. The first-order valence-electron chi connectivity index (χ1n) is 7.11. The van der Waals surface area contributed by atoms with Gasteiger partial charge in [-0.3, -0.25) is 9.78 Å². The lowest BCUT2D eigenvalue weighted by Gasteiger charge is -2.32. The molecule has 1 N–H and O–H groups in total. The maximum Gasteiger partial charge on any atom is 0.224 e. The molecule has 1 aromatic rings. The Morgan fingerprint density at radius 3 is 3.00 bits per heavy atom. The second-order valence-electron chi connectivity index (χ2n) is 5.54. The summed E-state index contributed by atoms with van der Waals surface area (Å²) in [6, 6.07) is 0. The van der Waals surface area contributed by atoms with Crippen LogP contribution in [0.1, 0.15) is 25.7 Å². The van der Waals surface area contributed by atoms with Crippen molar-refractivity contribution in [2.75, 3.05) is 24.5 Å². The highest BCUT2D eigenvalue weighted by Crippen LogP contribution is 2.28. The highest BCUT2D eigenvalue weighted by atomic mass is 16.1. The van der Waals surface area contributed by atoms with Gasteiger partial charge in [-0.25, -0.2) is 4.98 Å². The van der Waals surface area contributed by atoms with E-state index < -0.39 is 0 Å². The molecule has 1 aliphatic carbocycles. The molecular formula is C14H20N4O. The van der Waals surface area contributed by atoms with Crippen molar-refractivity contribution in [3.8, 4) is 0 Å². The van der Waals surface area contributed by atoms with Crippen LogP contribution in [0.4, 0.5) is 5.82 Å². The number of nitrogens with zero attached hydrogens (tertiary/aromatic N) is 3.